The van der Waals surface area contributed by atoms with Crippen molar-refractivity contribution in [3.8, 4) is 0 Å². The Morgan fingerprint density at radius 1 is 1.14 bits per heavy atom. The number of benzene rings is 1. The maximum Gasteiger partial charge on any atom is 0.224 e. The van der Waals surface area contributed by atoms with Crippen LogP contribution in [0.2, 0.25) is 0 Å². The van der Waals surface area contributed by atoms with E-state index in [4.69, 9.17) is 5.73 Å². The number of rotatable bonds is 6. The lowest BCUT2D eigenvalue weighted by Crippen LogP contribution is -2.30. The van der Waals surface area contributed by atoms with Gasteiger partial charge in [-0.2, -0.15) is 0 Å². The quantitative estimate of drug-likeness (QED) is 0.705. The van der Waals surface area contributed by atoms with E-state index in [2.05, 4.69) is 15.6 Å². The molecule has 0 aliphatic rings. The summed E-state index contributed by atoms with van der Waals surface area (Å²) in [5.74, 6) is 0.296. The molecule has 0 radical (unpaired) electrons. The number of hydrogen-bond acceptors (Lipinski definition) is 4. The maximum atomic E-state index is 12.7. The number of hydrogen-bond donors (Lipinski definition) is 3. The third kappa shape index (κ3) is 5.10. The van der Waals surface area contributed by atoms with E-state index in [1.54, 1.807) is 30.5 Å². The monoisotopic (exact) mass is 288 g/mol. The topological polar surface area (TPSA) is 80.0 Å². The molecule has 0 aliphatic carbocycles. The smallest absolute Gasteiger partial charge is 0.224 e. The Hall–Kier alpha value is -2.63. The number of pyridine rings is 1. The Morgan fingerprint density at radius 3 is 2.57 bits per heavy atom. The van der Waals surface area contributed by atoms with Gasteiger partial charge < -0.3 is 16.4 Å². The van der Waals surface area contributed by atoms with E-state index in [0.29, 0.717) is 24.6 Å². The molecule has 1 aromatic carbocycles. The summed E-state index contributed by atoms with van der Waals surface area (Å²) in [4.78, 5) is 15.8. The Morgan fingerprint density at radius 2 is 1.90 bits per heavy atom. The van der Waals surface area contributed by atoms with Crippen LogP contribution < -0.4 is 16.4 Å². The summed E-state index contributed by atoms with van der Waals surface area (Å²) in [7, 11) is 0. The normalized spacial score (nSPS) is 10.1. The second kappa shape index (κ2) is 7.23. The molecule has 0 bridgehead atoms. The minimum atomic E-state index is -0.306. The fourth-order valence-corrected chi connectivity index (χ4v) is 1.75. The van der Waals surface area contributed by atoms with E-state index in [9.17, 15) is 9.18 Å². The molecule has 2 aromatic rings. The fourth-order valence-electron chi connectivity index (χ4n) is 1.75. The van der Waals surface area contributed by atoms with Gasteiger partial charge in [0.25, 0.3) is 0 Å². The second-order valence-corrected chi connectivity index (χ2v) is 4.56. The number of nitrogens with zero attached hydrogens (tertiary/aromatic N) is 1. The van der Waals surface area contributed by atoms with E-state index in [0.717, 1.165) is 5.56 Å². The van der Waals surface area contributed by atoms with E-state index in [1.165, 1.54) is 12.1 Å². The summed E-state index contributed by atoms with van der Waals surface area (Å²) in [6.07, 6.45) is 1.80. The number of carbonyl (C=O) groups is 1. The molecule has 5 nitrogen and oxygen atoms in total. The number of carbonyl (C=O) groups excluding carboxylic acids is 1. The number of nitrogen functional groups attached to an aromatic ring is 1. The maximum absolute atomic E-state index is 12.7. The SMILES string of the molecule is Nc1ccc(NCCNC(=O)Cc2ccc(F)cc2)nc1. The van der Waals surface area contributed by atoms with Crippen molar-refractivity contribution in [2.24, 2.45) is 0 Å². The Kier molecular flexibility index (Phi) is 5.09. The van der Waals surface area contributed by atoms with Crippen molar-refractivity contribution < 1.29 is 9.18 Å². The predicted molar refractivity (Wildman–Crippen MR) is 80.3 cm³/mol. The summed E-state index contributed by atoms with van der Waals surface area (Å²) in [5, 5.41) is 5.85. The van der Waals surface area contributed by atoms with Gasteiger partial charge in [0.2, 0.25) is 5.91 Å². The van der Waals surface area contributed by atoms with Crippen LogP contribution in [-0.4, -0.2) is 24.0 Å². The molecule has 4 N–H and O–H groups in total. The van der Waals surface area contributed by atoms with Crippen LogP contribution in [0.15, 0.2) is 42.6 Å². The van der Waals surface area contributed by atoms with Gasteiger partial charge in [0.05, 0.1) is 18.3 Å². The molecular formula is C15H17FN4O. The van der Waals surface area contributed by atoms with Gasteiger partial charge in [0.15, 0.2) is 0 Å². The van der Waals surface area contributed by atoms with Crippen LogP contribution in [0.5, 0.6) is 0 Å². The van der Waals surface area contributed by atoms with E-state index in [-0.39, 0.29) is 18.1 Å². The number of aromatic nitrogens is 1. The number of amides is 1. The molecule has 0 fully saturated rings. The van der Waals surface area contributed by atoms with Gasteiger partial charge in [0, 0.05) is 13.1 Å². The molecule has 0 spiro atoms. The molecule has 6 heteroatoms. The Balaban J connectivity index is 1.67. The van der Waals surface area contributed by atoms with E-state index < -0.39 is 0 Å². The first kappa shape index (κ1) is 14.8. The minimum absolute atomic E-state index is 0.103. The zero-order chi connectivity index (χ0) is 15.1. The molecule has 1 aromatic heterocycles. The van der Waals surface area contributed by atoms with Gasteiger partial charge in [-0.1, -0.05) is 12.1 Å². The highest BCUT2D eigenvalue weighted by Gasteiger charge is 2.03. The zero-order valence-electron chi connectivity index (χ0n) is 11.5. The van der Waals surface area contributed by atoms with Crippen molar-refractivity contribution in [1.29, 1.82) is 0 Å². The summed E-state index contributed by atoms with van der Waals surface area (Å²) in [5.41, 5.74) is 6.92. The summed E-state index contributed by atoms with van der Waals surface area (Å²) in [6, 6.07) is 9.42. The summed E-state index contributed by atoms with van der Waals surface area (Å²) >= 11 is 0. The zero-order valence-corrected chi connectivity index (χ0v) is 11.5. The van der Waals surface area contributed by atoms with Crippen LogP contribution in [0.25, 0.3) is 0 Å². The van der Waals surface area contributed by atoms with Gasteiger partial charge in [-0.05, 0) is 29.8 Å². The number of anilines is 2. The average molecular weight is 288 g/mol. The van der Waals surface area contributed by atoms with E-state index >= 15 is 0 Å². The van der Waals surface area contributed by atoms with E-state index in [1.807, 2.05) is 0 Å². The van der Waals surface area contributed by atoms with Gasteiger partial charge in [-0.15, -0.1) is 0 Å². The predicted octanol–water partition coefficient (Wildman–Crippen LogP) is 1.57. The molecule has 0 unspecified atom stereocenters. The highest BCUT2D eigenvalue weighted by Crippen LogP contribution is 2.05. The molecule has 0 saturated carbocycles. The lowest BCUT2D eigenvalue weighted by Gasteiger charge is -2.07. The third-order valence-corrected chi connectivity index (χ3v) is 2.82. The van der Waals surface area contributed by atoms with Gasteiger partial charge in [0.1, 0.15) is 11.6 Å². The van der Waals surface area contributed by atoms with Crippen molar-refractivity contribution >= 4 is 17.4 Å². The molecule has 110 valence electrons. The van der Waals surface area contributed by atoms with Crippen molar-refractivity contribution in [1.82, 2.24) is 10.3 Å². The first-order valence-corrected chi connectivity index (χ1v) is 6.60. The van der Waals surface area contributed by atoms with Crippen LogP contribution in [0.3, 0.4) is 0 Å². The Labute approximate surface area is 122 Å². The summed E-state index contributed by atoms with van der Waals surface area (Å²) in [6.45, 7) is 1.04. The lowest BCUT2D eigenvalue weighted by atomic mass is 10.1. The molecular weight excluding hydrogens is 271 g/mol. The number of nitrogens with one attached hydrogen (secondary N) is 2. The molecule has 1 amide bonds. The van der Waals surface area contributed by atoms with Gasteiger partial charge in [-0.3, -0.25) is 4.79 Å². The molecule has 21 heavy (non-hydrogen) atoms. The van der Waals surface area contributed by atoms with Crippen molar-refractivity contribution in [3.05, 3.63) is 54.0 Å². The molecule has 0 atom stereocenters. The highest BCUT2D eigenvalue weighted by molar-refractivity contribution is 5.78. The second-order valence-electron chi connectivity index (χ2n) is 4.56. The van der Waals surface area contributed by atoms with Crippen molar-refractivity contribution in [2.45, 2.75) is 6.42 Å². The first-order chi connectivity index (χ1) is 10.1. The molecule has 1 heterocycles. The third-order valence-electron chi connectivity index (χ3n) is 2.82. The van der Waals surface area contributed by atoms with Crippen LogP contribution in [0, 0.1) is 5.82 Å². The fraction of sp³-hybridized carbons (Fsp3) is 0.200. The van der Waals surface area contributed by atoms with Crippen molar-refractivity contribution in [3.63, 3.8) is 0 Å². The number of halogens is 1. The average Bonchev–Trinajstić information content (AvgIpc) is 2.48. The van der Waals surface area contributed by atoms with Crippen LogP contribution >= 0.6 is 0 Å². The Bertz CT molecular complexity index is 584. The van der Waals surface area contributed by atoms with Gasteiger partial charge in [-0.25, -0.2) is 9.37 Å². The first-order valence-electron chi connectivity index (χ1n) is 6.60. The number of nitrogens with two attached hydrogens (primary N) is 1. The van der Waals surface area contributed by atoms with Crippen LogP contribution in [0.1, 0.15) is 5.56 Å². The van der Waals surface area contributed by atoms with Gasteiger partial charge >= 0.3 is 0 Å². The standard InChI is InChI=1S/C15H17FN4O/c16-12-3-1-11(2-4-12)9-15(21)19-8-7-18-14-6-5-13(17)10-20-14/h1-6,10H,7-9,17H2,(H,18,20)(H,19,21). The molecule has 2 rings (SSSR count). The molecule has 0 aliphatic heterocycles. The van der Waals surface area contributed by atoms with Crippen LogP contribution in [-0.2, 0) is 11.2 Å². The largest absolute Gasteiger partial charge is 0.397 e. The molecule has 0 saturated heterocycles. The lowest BCUT2D eigenvalue weighted by molar-refractivity contribution is -0.120. The minimum Gasteiger partial charge on any atom is -0.397 e. The summed E-state index contributed by atoms with van der Waals surface area (Å²) < 4.78 is 12.7. The van der Waals surface area contributed by atoms with Crippen molar-refractivity contribution in [2.75, 3.05) is 24.1 Å². The van der Waals surface area contributed by atoms with Crippen LogP contribution in [0.4, 0.5) is 15.9 Å². The highest BCUT2D eigenvalue weighted by atomic mass is 19.1.